The number of rotatable bonds is 1. The molecule has 0 heterocycles. The summed E-state index contributed by atoms with van der Waals surface area (Å²) in [5.41, 5.74) is 0. The molecule has 0 nitrogen and oxygen atoms in total. The Hall–Kier alpha value is -0.633. The molecule has 0 unspecified atom stereocenters. The lowest BCUT2D eigenvalue weighted by Crippen LogP contribution is -2.22. The topological polar surface area (TPSA) is 0 Å². The summed E-state index contributed by atoms with van der Waals surface area (Å²) in [6, 6.07) is 6.85. The van der Waals surface area contributed by atoms with Crippen molar-refractivity contribution in [2.24, 2.45) is 0 Å². The Kier molecular flexibility index (Phi) is 2.22. The number of benzene rings is 1. The van der Waals surface area contributed by atoms with Gasteiger partial charge in [0.25, 0.3) is 0 Å². The molecule has 0 fully saturated rings. The molecule has 0 bridgehead atoms. The fourth-order valence-electron chi connectivity index (χ4n) is 0.799. The molecule has 0 aliphatic carbocycles. The molecule has 0 aromatic heterocycles. The zero-order valence-electron chi connectivity index (χ0n) is 6.19. The van der Waals surface area contributed by atoms with Crippen LogP contribution in [0.2, 0.25) is 13.1 Å². The van der Waals surface area contributed by atoms with E-state index in [1.807, 2.05) is 6.07 Å². The van der Waals surface area contributed by atoms with Crippen LogP contribution in [0.15, 0.2) is 24.3 Å². The van der Waals surface area contributed by atoms with Crippen LogP contribution < -0.4 is 5.19 Å². The van der Waals surface area contributed by atoms with Crippen LogP contribution in [0.4, 0.5) is 4.39 Å². The van der Waals surface area contributed by atoms with Crippen LogP contribution >= 0.6 is 0 Å². The molecule has 0 saturated heterocycles. The van der Waals surface area contributed by atoms with E-state index >= 15 is 0 Å². The predicted octanol–water partition coefficient (Wildman–Crippen LogP) is 1.79. The summed E-state index contributed by atoms with van der Waals surface area (Å²) in [4.78, 5) is 0. The van der Waals surface area contributed by atoms with Gasteiger partial charge >= 0.3 is 0 Å². The van der Waals surface area contributed by atoms with Gasteiger partial charge in [0.15, 0.2) is 0 Å². The normalized spacial score (nSPS) is 10.4. The first-order valence-corrected chi connectivity index (χ1v) is 5.76. The summed E-state index contributed by atoms with van der Waals surface area (Å²) in [6.45, 7) is 4.30. The van der Waals surface area contributed by atoms with Crippen molar-refractivity contribution in [1.82, 2.24) is 0 Å². The van der Waals surface area contributed by atoms with E-state index in [4.69, 9.17) is 0 Å². The molecule has 0 spiro atoms. The summed E-state index contributed by atoms with van der Waals surface area (Å²) in [7, 11) is -0.474. The van der Waals surface area contributed by atoms with Gasteiger partial charge in [0.2, 0.25) is 0 Å². The third-order valence-corrected chi connectivity index (χ3v) is 2.87. The maximum Gasteiger partial charge on any atom is 0.123 e. The summed E-state index contributed by atoms with van der Waals surface area (Å²) < 4.78 is 12.5. The summed E-state index contributed by atoms with van der Waals surface area (Å²) in [6.07, 6.45) is 0. The first-order chi connectivity index (χ1) is 4.70. The molecule has 0 aliphatic rings. The second kappa shape index (κ2) is 2.97. The van der Waals surface area contributed by atoms with Gasteiger partial charge in [-0.3, -0.25) is 0 Å². The lowest BCUT2D eigenvalue weighted by Gasteiger charge is -2.01. The van der Waals surface area contributed by atoms with Crippen molar-refractivity contribution in [2.75, 3.05) is 0 Å². The third-order valence-electron chi connectivity index (χ3n) is 1.40. The first kappa shape index (κ1) is 7.47. The Morgan fingerprint density at radius 2 is 2.00 bits per heavy atom. The molecule has 0 aliphatic heterocycles. The minimum Gasteiger partial charge on any atom is -0.207 e. The summed E-state index contributed by atoms with van der Waals surface area (Å²) in [5.74, 6) is -0.122. The molecular formula is C8H10FSi. The van der Waals surface area contributed by atoms with Crippen molar-refractivity contribution in [1.29, 1.82) is 0 Å². The van der Waals surface area contributed by atoms with Crippen LogP contribution in [0.3, 0.4) is 0 Å². The molecule has 1 aromatic rings. The van der Waals surface area contributed by atoms with Gasteiger partial charge in [-0.1, -0.05) is 30.4 Å². The molecule has 1 aromatic carbocycles. The van der Waals surface area contributed by atoms with Crippen molar-refractivity contribution in [2.45, 2.75) is 13.1 Å². The highest BCUT2D eigenvalue weighted by atomic mass is 28.3. The zero-order valence-corrected chi connectivity index (χ0v) is 7.19. The Labute approximate surface area is 62.3 Å². The van der Waals surface area contributed by atoms with Crippen LogP contribution in [0.1, 0.15) is 0 Å². The van der Waals surface area contributed by atoms with E-state index in [0.29, 0.717) is 0 Å². The van der Waals surface area contributed by atoms with Crippen LogP contribution in [0, 0.1) is 5.82 Å². The van der Waals surface area contributed by atoms with Crippen LogP contribution in [0.25, 0.3) is 0 Å². The smallest absolute Gasteiger partial charge is 0.123 e. The number of halogens is 1. The molecule has 0 N–H and O–H groups in total. The van der Waals surface area contributed by atoms with Crippen molar-refractivity contribution in [3.05, 3.63) is 30.1 Å². The van der Waals surface area contributed by atoms with Gasteiger partial charge in [-0.2, -0.15) is 0 Å². The fourth-order valence-corrected chi connectivity index (χ4v) is 1.66. The molecule has 53 valence electrons. The lowest BCUT2D eigenvalue weighted by atomic mass is 10.3. The van der Waals surface area contributed by atoms with Crippen LogP contribution in [0.5, 0.6) is 0 Å². The van der Waals surface area contributed by atoms with Crippen LogP contribution in [-0.2, 0) is 0 Å². The standard InChI is InChI=1S/C8H10FSi/c1-10(2)8-5-3-4-7(9)6-8/h3-6H,1-2H3. The first-order valence-electron chi connectivity index (χ1n) is 3.26. The van der Waals surface area contributed by atoms with Crippen LogP contribution in [-0.4, -0.2) is 8.80 Å². The monoisotopic (exact) mass is 153 g/mol. The maximum absolute atomic E-state index is 12.5. The van der Waals surface area contributed by atoms with Gasteiger partial charge < -0.3 is 0 Å². The summed E-state index contributed by atoms with van der Waals surface area (Å²) >= 11 is 0. The molecule has 0 atom stereocenters. The maximum atomic E-state index is 12.5. The molecule has 1 radical (unpaired) electrons. The largest absolute Gasteiger partial charge is 0.207 e. The third kappa shape index (κ3) is 1.67. The molecular weight excluding hydrogens is 143 g/mol. The number of hydrogen-bond acceptors (Lipinski definition) is 0. The molecule has 1 rings (SSSR count). The molecule has 10 heavy (non-hydrogen) atoms. The van der Waals surface area contributed by atoms with Gasteiger partial charge in [0.05, 0.1) is 8.80 Å². The van der Waals surface area contributed by atoms with Gasteiger partial charge in [0, 0.05) is 0 Å². The average molecular weight is 153 g/mol. The molecule has 0 saturated carbocycles. The summed E-state index contributed by atoms with van der Waals surface area (Å²) in [5, 5.41) is 1.16. The van der Waals surface area contributed by atoms with E-state index in [1.165, 1.54) is 6.07 Å². The highest BCUT2D eigenvalue weighted by molar-refractivity contribution is 6.70. The highest BCUT2D eigenvalue weighted by Crippen LogP contribution is 1.94. The highest BCUT2D eigenvalue weighted by Gasteiger charge is 1.99. The second-order valence-corrected chi connectivity index (χ2v) is 5.09. The fraction of sp³-hybridized carbons (Fsp3) is 0.250. The lowest BCUT2D eigenvalue weighted by molar-refractivity contribution is 0.629. The van der Waals surface area contributed by atoms with Gasteiger partial charge in [-0.25, -0.2) is 4.39 Å². The van der Waals surface area contributed by atoms with Gasteiger partial charge in [-0.15, -0.1) is 0 Å². The minimum absolute atomic E-state index is 0.122. The SMILES string of the molecule is C[Si](C)c1cccc(F)c1. The van der Waals surface area contributed by atoms with E-state index in [0.717, 1.165) is 5.19 Å². The second-order valence-electron chi connectivity index (χ2n) is 2.51. The Morgan fingerprint density at radius 3 is 2.40 bits per heavy atom. The van der Waals surface area contributed by atoms with E-state index in [-0.39, 0.29) is 5.82 Å². The Bertz CT molecular complexity index is 220. The minimum atomic E-state index is -0.474. The van der Waals surface area contributed by atoms with Crippen molar-refractivity contribution >= 4 is 14.0 Å². The van der Waals surface area contributed by atoms with Gasteiger partial charge in [0.1, 0.15) is 5.82 Å². The Morgan fingerprint density at radius 1 is 1.30 bits per heavy atom. The quantitative estimate of drug-likeness (QED) is 0.540. The average Bonchev–Trinajstić information content (AvgIpc) is 1.88. The van der Waals surface area contributed by atoms with Crippen molar-refractivity contribution in [3.8, 4) is 0 Å². The zero-order chi connectivity index (χ0) is 7.56. The van der Waals surface area contributed by atoms with E-state index < -0.39 is 8.80 Å². The molecule has 2 heteroatoms. The van der Waals surface area contributed by atoms with Crippen molar-refractivity contribution in [3.63, 3.8) is 0 Å². The predicted molar refractivity (Wildman–Crippen MR) is 43.5 cm³/mol. The molecule has 0 amide bonds. The van der Waals surface area contributed by atoms with E-state index in [2.05, 4.69) is 13.1 Å². The van der Waals surface area contributed by atoms with E-state index in [9.17, 15) is 4.39 Å². The number of hydrogen-bond donors (Lipinski definition) is 0. The van der Waals surface area contributed by atoms with Crippen molar-refractivity contribution < 1.29 is 4.39 Å². The van der Waals surface area contributed by atoms with Gasteiger partial charge in [-0.05, 0) is 12.1 Å². The Balaban J connectivity index is 2.96. The van der Waals surface area contributed by atoms with E-state index in [1.54, 1.807) is 12.1 Å².